The van der Waals surface area contributed by atoms with E-state index in [9.17, 15) is 4.79 Å². The quantitative estimate of drug-likeness (QED) is 0.799. The van der Waals surface area contributed by atoms with Crippen LogP contribution in [0.2, 0.25) is 0 Å². The van der Waals surface area contributed by atoms with E-state index < -0.39 is 0 Å². The maximum Gasteiger partial charge on any atom is 0.227 e. The smallest absolute Gasteiger partial charge is 0.227 e. The minimum atomic E-state index is -0.164. The Hall–Kier alpha value is -0.280. The molecule has 2 aliphatic rings. The van der Waals surface area contributed by atoms with Gasteiger partial charge in [-0.25, -0.2) is 0 Å². The number of carbonyl (C=O) groups excluding carboxylic acids is 1. The first-order chi connectivity index (χ1) is 7.60. The molecule has 1 heterocycles. The average Bonchev–Trinajstić information content (AvgIpc) is 2.70. The van der Waals surface area contributed by atoms with Gasteiger partial charge in [-0.05, 0) is 51.5 Å². The van der Waals surface area contributed by atoms with Crippen LogP contribution in [0.15, 0.2) is 0 Å². The molecule has 0 radical (unpaired) electrons. The van der Waals surface area contributed by atoms with Crippen LogP contribution in [0.5, 0.6) is 0 Å². The molecule has 0 spiro atoms. The number of halogens is 1. The van der Waals surface area contributed by atoms with E-state index in [0.717, 1.165) is 38.3 Å². The second-order valence-corrected chi connectivity index (χ2v) is 5.92. The number of rotatable bonds is 2. The van der Waals surface area contributed by atoms with E-state index in [1.54, 1.807) is 0 Å². The molecular weight excluding hydrogens is 236 g/mol. The van der Waals surface area contributed by atoms with E-state index >= 15 is 0 Å². The third-order valence-electron chi connectivity index (χ3n) is 4.27. The maximum atomic E-state index is 12.2. The van der Waals surface area contributed by atoms with Crippen molar-refractivity contribution in [3.05, 3.63) is 0 Å². The molecule has 1 amide bonds. The second-order valence-electron chi connectivity index (χ2n) is 5.92. The fraction of sp³-hybridized carbons (Fsp3) is 0.923. The maximum absolute atomic E-state index is 12.2. The molecule has 0 aromatic rings. The van der Waals surface area contributed by atoms with Gasteiger partial charge in [-0.3, -0.25) is 4.79 Å². The summed E-state index contributed by atoms with van der Waals surface area (Å²) in [5, 5.41) is 6.52. The first-order valence-electron chi connectivity index (χ1n) is 6.62. The molecule has 1 atom stereocenters. The van der Waals surface area contributed by atoms with Crippen LogP contribution in [-0.2, 0) is 4.79 Å². The highest BCUT2D eigenvalue weighted by Crippen LogP contribution is 2.27. The second kappa shape index (κ2) is 6.05. The van der Waals surface area contributed by atoms with Gasteiger partial charge in [-0.2, -0.15) is 0 Å². The molecule has 1 unspecified atom stereocenters. The topological polar surface area (TPSA) is 41.1 Å². The minimum absolute atomic E-state index is 0. The van der Waals surface area contributed by atoms with Crippen molar-refractivity contribution in [3.8, 4) is 0 Å². The number of amides is 1. The van der Waals surface area contributed by atoms with Crippen LogP contribution < -0.4 is 10.6 Å². The van der Waals surface area contributed by atoms with Gasteiger partial charge in [0.2, 0.25) is 5.91 Å². The van der Waals surface area contributed by atoms with Gasteiger partial charge in [-0.1, -0.05) is 6.92 Å². The summed E-state index contributed by atoms with van der Waals surface area (Å²) in [5.74, 6) is 1.11. The Kier molecular flexibility index (Phi) is 5.26. The lowest BCUT2D eigenvalue weighted by atomic mass is 9.85. The molecule has 3 nitrogen and oxygen atoms in total. The normalized spacial score (nSPS) is 37.3. The summed E-state index contributed by atoms with van der Waals surface area (Å²) in [5.41, 5.74) is -0.164. The van der Waals surface area contributed by atoms with Crippen molar-refractivity contribution in [2.75, 3.05) is 13.1 Å². The lowest BCUT2D eigenvalue weighted by Crippen LogP contribution is -2.46. The lowest BCUT2D eigenvalue weighted by Gasteiger charge is -2.30. The Morgan fingerprint density at radius 2 is 1.94 bits per heavy atom. The first kappa shape index (κ1) is 14.8. The van der Waals surface area contributed by atoms with Crippen molar-refractivity contribution in [1.82, 2.24) is 10.6 Å². The molecule has 0 bridgehead atoms. The largest absolute Gasteiger partial charge is 0.353 e. The first-order valence-corrected chi connectivity index (χ1v) is 6.62. The summed E-state index contributed by atoms with van der Waals surface area (Å²) in [6.07, 6.45) is 5.83. The molecule has 100 valence electrons. The number of carbonyl (C=O) groups is 1. The molecule has 1 saturated carbocycles. The Balaban J connectivity index is 0.00000144. The van der Waals surface area contributed by atoms with Gasteiger partial charge in [-0.15, -0.1) is 12.4 Å². The molecule has 1 saturated heterocycles. The van der Waals surface area contributed by atoms with Crippen LogP contribution in [0.25, 0.3) is 0 Å². The summed E-state index contributed by atoms with van der Waals surface area (Å²) in [6, 6.07) is 0.432. The van der Waals surface area contributed by atoms with Crippen molar-refractivity contribution in [1.29, 1.82) is 0 Å². The van der Waals surface area contributed by atoms with Crippen LogP contribution in [0.3, 0.4) is 0 Å². The van der Waals surface area contributed by atoms with Crippen LogP contribution in [-0.4, -0.2) is 25.0 Å². The zero-order chi connectivity index (χ0) is 11.6. The van der Waals surface area contributed by atoms with E-state index in [-0.39, 0.29) is 23.7 Å². The van der Waals surface area contributed by atoms with Crippen LogP contribution in [0.4, 0.5) is 0 Å². The molecule has 17 heavy (non-hydrogen) atoms. The van der Waals surface area contributed by atoms with Crippen molar-refractivity contribution in [2.24, 2.45) is 11.3 Å². The highest BCUT2D eigenvalue weighted by Gasteiger charge is 2.37. The third kappa shape index (κ3) is 3.59. The van der Waals surface area contributed by atoms with Gasteiger partial charge in [0.25, 0.3) is 0 Å². The molecule has 0 aromatic heterocycles. The summed E-state index contributed by atoms with van der Waals surface area (Å²) >= 11 is 0. The monoisotopic (exact) mass is 260 g/mol. The van der Waals surface area contributed by atoms with E-state index in [1.807, 2.05) is 0 Å². The molecule has 2 fully saturated rings. The van der Waals surface area contributed by atoms with Gasteiger partial charge in [0, 0.05) is 12.6 Å². The summed E-state index contributed by atoms with van der Waals surface area (Å²) in [6.45, 7) is 6.20. The molecule has 2 N–H and O–H groups in total. The Morgan fingerprint density at radius 3 is 2.47 bits per heavy atom. The fourth-order valence-corrected chi connectivity index (χ4v) is 2.77. The highest BCUT2D eigenvalue weighted by molar-refractivity contribution is 5.85. The van der Waals surface area contributed by atoms with Crippen molar-refractivity contribution in [2.45, 2.75) is 52.0 Å². The van der Waals surface area contributed by atoms with Crippen molar-refractivity contribution < 1.29 is 4.79 Å². The Labute approximate surface area is 111 Å². The van der Waals surface area contributed by atoms with Gasteiger partial charge in [0.1, 0.15) is 0 Å². The van der Waals surface area contributed by atoms with E-state index in [1.165, 1.54) is 12.8 Å². The van der Waals surface area contributed by atoms with Gasteiger partial charge >= 0.3 is 0 Å². The molecule has 2 rings (SSSR count). The van der Waals surface area contributed by atoms with Crippen molar-refractivity contribution in [3.63, 3.8) is 0 Å². The SMILES string of the molecule is CC1CCC(NC(=O)C2(C)CCNC2)CC1.Cl. The molecule has 1 aliphatic carbocycles. The Morgan fingerprint density at radius 1 is 1.29 bits per heavy atom. The zero-order valence-electron chi connectivity index (χ0n) is 10.9. The van der Waals surface area contributed by atoms with Crippen LogP contribution in [0.1, 0.15) is 46.0 Å². The predicted octanol–water partition coefficient (Wildman–Crippen LogP) is 2.10. The summed E-state index contributed by atoms with van der Waals surface area (Å²) in [7, 11) is 0. The third-order valence-corrected chi connectivity index (χ3v) is 4.27. The van der Waals surface area contributed by atoms with E-state index in [4.69, 9.17) is 0 Å². The van der Waals surface area contributed by atoms with E-state index in [2.05, 4.69) is 24.5 Å². The standard InChI is InChI=1S/C13H24N2O.ClH/c1-10-3-5-11(6-4-10)15-12(16)13(2)7-8-14-9-13;/h10-11,14H,3-9H2,1-2H3,(H,15,16);1H. The molecule has 4 heteroatoms. The number of hydrogen-bond acceptors (Lipinski definition) is 2. The van der Waals surface area contributed by atoms with E-state index in [0.29, 0.717) is 6.04 Å². The molecule has 1 aliphatic heterocycles. The predicted molar refractivity (Wildman–Crippen MR) is 72.4 cm³/mol. The minimum Gasteiger partial charge on any atom is -0.353 e. The molecule has 0 aromatic carbocycles. The lowest BCUT2D eigenvalue weighted by molar-refractivity contribution is -0.130. The van der Waals surface area contributed by atoms with Crippen LogP contribution >= 0.6 is 12.4 Å². The van der Waals surface area contributed by atoms with Gasteiger partial charge < -0.3 is 10.6 Å². The molecular formula is C13H25ClN2O. The zero-order valence-corrected chi connectivity index (χ0v) is 11.7. The average molecular weight is 261 g/mol. The summed E-state index contributed by atoms with van der Waals surface area (Å²) in [4.78, 5) is 12.2. The highest BCUT2D eigenvalue weighted by atomic mass is 35.5. The Bertz CT molecular complexity index is 256. The van der Waals surface area contributed by atoms with Gasteiger partial charge in [0.15, 0.2) is 0 Å². The number of nitrogens with one attached hydrogen (secondary N) is 2. The van der Waals surface area contributed by atoms with Crippen LogP contribution in [0, 0.1) is 11.3 Å². The van der Waals surface area contributed by atoms with Crippen molar-refractivity contribution >= 4 is 18.3 Å². The van der Waals surface area contributed by atoms with Gasteiger partial charge in [0.05, 0.1) is 5.41 Å². The summed E-state index contributed by atoms with van der Waals surface area (Å²) < 4.78 is 0. The fourth-order valence-electron chi connectivity index (χ4n) is 2.77. The number of hydrogen-bond donors (Lipinski definition) is 2.